The van der Waals surface area contributed by atoms with Crippen molar-refractivity contribution in [2.24, 2.45) is 4.99 Å². The summed E-state index contributed by atoms with van der Waals surface area (Å²) in [5.74, 6) is 0. The van der Waals surface area contributed by atoms with Crippen LogP contribution in [0.1, 0.15) is 32.6 Å². The van der Waals surface area contributed by atoms with Crippen LogP contribution in [-0.2, 0) is 0 Å². The largest absolute Gasteiger partial charge is 0.373 e. The lowest BCUT2D eigenvalue weighted by Crippen LogP contribution is -2.20. The van der Waals surface area contributed by atoms with Gasteiger partial charge in [-0.15, -0.1) is 0 Å². The predicted molar refractivity (Wildman–Crippen MR) is 60.3 cm³/mol. The summed E-state index contributed by atoms with van der Waals surface area (Å²) in [7, 11) is 1.80. The number of rotatable bonds is 8. The second-order valence-electron chi connectivity index (χ2n) is 3.18. The minimum absolute atomic E-state index is 0.895. The van der Waals surface area contributed by atoms with Gasteiger partial charge in [-0.25, -0.2) is 0 Å². The summed E-state index contributed by atoms with van der Waals surface area (Å²) in [6.45, 7) is 8.01. The van der Waals surface area contributed by atoms with E-state index in [0.717, 1.165) is 13.1 Å². The van der Waals surface area contributed by atoms with Crippen molar-refractivity contribution < 1.29 is 0 Å². The van der Waals surface area contributed by atoms with E-state index in [4.69, 9.17) is 0 Å². The maximum atomic E-state index is 3.95. The fourth-order valence-corrected chi connectivity index (χ4v) is 1.19. The minimum Gasteiger partial charge on any atom is -0.373 e. The van der Waals surface area contributed by atoms with E-state index in [2.05, 4.69) is 23.4 Å². The van der Waals surface area contributed by atoms with Crippen LogP contribution < -0.4 is 0 Å². The van der Waals surface area contributed by atoms with Crippen LogP contribution in [0, 0.1) is 0 Å². The van der Waals surface area contributed by atoms with E-state index < -0.39 is 0 Å². The van der Waals surface area contributed by atoms with Gasteiger partial charge in [0.2, 0.25) is 0 Å². The molecule has 0 aliphatic rings. The van der Waals surface area contributed by atoms with E-state index in [1.54, 1.807) is 7.05 Å². The monoisotopic (exact) mass is 182 g/mol. The molecule has 0 saturated carbocycles. The Morgan fingerprint density at radius 1 is 1.31 bits per heavy atom. The van der Waals surface area contributed by atoms with E-state index in [1.807, 2.05) is 12.4 Å². The lowest BCUT2D eigenvalue weighted by atomic mass is 10.2. The van der Waals surface area contributed by atoms with Crippen LogP contribution in [0.15, 0.2) is 17.8 Å². The molecule has 0 rings (SSSR count). The van der Waals surface area contributed by atoms with E-state index in [-0.39, 0.29) is 0 Å². The standard InChI is InChI=1S/C11H22N2/c1-4-6-7-8-10-13(5-2)11-9-12-3/h5,9H,2,4,6-8,10-11H2,1,3H3. The van der Waals surface area contributed by atoms with Crippen LogP contribution in [0.25, 0.3) is 0 Å². The van der Waals surface area contributed by atoms with Gasteiger partial charge < -0.3 is 4.90 Å². The zero-order valence-corrected chi connectivity index (χ0v) is 9.00. The molecular formula is C11H22N2. The Kier molecular flexibility index (Phi) is 8.73. The van der Waals surface area contributed by atoms with Gasteiger partial charge in [-0.3, -0.25) is 4.99 Å². The first kappa shape index (κ1) is 12.2. The number of nitrogens with zero attached hydrogens (tertiary/aromatic N) is 2. The first-order valence-corrected chi connectivity index (χ1v) is 5.12. The van der Waals surface area contributed by atoms with Crippen LogP contribution in [0.5, 0.6) is 0 Å². The van der Waals surface area contributed by atoms with E-state index >= 15 is 0 Å². The SMILES string of the molecule is C=CN(CC=NC)CCCCCC. The van der Waals surface area contributed by atoms with Crippen molar-refractivity contribution in [1.29, 1.82) is 0 Å². The highest BCUT2D eigenvalue weighted by Gasteiger charge is 1.95. The van der Waals surface area contributed by atoms with Crippen molar-refractivity contribution in [3.63, 3.8) is 0 Å². The molecule has 0 bridgehead atoms. The fourth-order valence-electron chi connectivity index (χ4n) is 1.19. The van der Waals surface area contributed by atoms with Crippen LogP contribution in [0.2, 0.25) is 0 Å². The van der Waals surface area contributed by atoms with Gasteiger partial charge >= 0.3 is 0 Å². The molecule has 76 valence electrons. The molecule has 2 nitrogen and oxygen atoms in total. The molecule has 0 heterocycles. The summed E-state index contributed by atoms with van der Waals surface area (Å²) in [5.41, 5.74) is 0. The third kappa shape index (κ3) is 7.57. The van der Waals surface area contributed by atoms with Crippen molar-refractivity contribution in [2.45, 2.75) is 32.6 Å². The van der Waals surface area contributed by atoms with E-state index in [9.17, 15) is 0 Å². The molecule has 0 unspecified atom stereocenters. The highest BCUT2D eigenvalue weighted by Crippen LogP contribution is 2.00. The Bertz CT molecular complexity index is 141. The Balaban J connectivity index is 3.42. The van der Waals surface area contributed by atoms with E-state index in [0.29, 0.717) is 0 Å². The zero-order valence-electron chi connectivity index (χ0n) is 9.00. The molecule has 0 atom stereocenters. The van der Waals surface area contributed by atoms with Crippen LogP contribution in [-0.4, -0.2) is 31.3 Å². The maximum absolute atomic E-state index is 3.95. The topological polar surface area (TPSA) is 15.6 Å². The molecule has 0 N–H and O–H groups in total. The zero-order chi connectivity index (χ0) is 9.94. The number of aliphatic imine (C=N–C) groups is 1. The van der Waals surface area contributed by atoms with Crippen molar-refractivity contribution in [3.8, 4) is 0 Å². The molecule has 0 aromatic heterocycles. The highest BCUT2D eigenvalue weighted by atomic mass is 15.1. The molecule has 0 radical (unpaired) electrons. The summed E-state index contributed by atoms with van der Waals surface area (Å²) in [6, 6.07) is 0. The number of hydrogen-bond donors (Lipinski definition) is 0. The molecule has 0 aliphatic heterocycles. The molecule has 0 aromatic carbocycles. The lowest BCUT2D eigenvalue weighted by molar-refractivity contribution is 0.410. The van der Waals surface area contributed by atoms with Gasteiger partial charge in [0.15, 0.2) is 0 Å². The smallest absolute Gasteiger partial charge is 0.0522 e. The summed E-state index contributed by atoms with van der Waals surface area (Å²) < 4.78 is 0. The Hall–Kier alpha value is -0.790. The Morgan fingerprint density at radius 2 is 2.08 bits per heavy atom. The van der Waals surface area contributed by atoms with E-state index in [1.165, 1.54) is 25.7 Å². The van der Waals surface area contributed by atoms with Crippen molar-refractivity contribution in [3.05, 3.63) is 12.8 Å². The molecule has 0 aromatic rings. The molecule has 0 aliphatic carbocycles. The van der Waals surface area contributed by atoms with Crippen LogP contribution >= 0.6 is 0 Å². The van der Waals surface area contributed by atoms with Crippen molar-refractivity contribution in [2.75, 3.05) is 20.1 Å². The fraction of sp³-hybridized carbons (Fsp3) is 0.727. The van der Waals surface area contributed by atoms with Crippen molar-refractivity contribution >= 4 is 6.21 Å². The second kappa shape index (κ2) is 9.30. The van der Waals surface area contributed by atoms with Gasteiger partial charge in [0, 0.05) is 19.8 Å². The van der Waals surface area contributed by atoms with Gasteiger partial charge in [0.1, 0.15) is 0 Å². The minimum atomic E-state index is 0.895. The van der Waals surface area contributed by atoms with Gasteiger partial charge in [-0.1, -0.05) is 32.8 Å². The molecule has 0 fully saturated rings. The van der Waals surface area contributed by atoms with Crippen LogP contribution in [0.3, 0.4) is 0 Å². The summed E-state index contributed by atoms with van der Waals surface area (Å²) >= 11 is 0. The summed E-state index contributed by atoms with van der Waals surface area (Å²) in [6.07, 6.45) is 9.04. The normalized spacial score (nSPS) is 10.6. The van der Waals surface area contributed by atoms with Gasteiger partial charge in [0.25, 0.3) is 0 Å². The van der Waals surface area contributed by atoms with Gasteiger partial charge in [-0.05, 0) is 12.6 Å². The first-order valence-electron chi connectivity index (χ1n) is 5.12. The highest BCUT2D eigenvalue weighted by molar-refractivity contribution is 5.59. The first-order chi connectivity index (χ1) is 6.35. The van der Waals surface area contributed by atoms with Crippen molar-refractivity contribution in [1.82, 2.24) is 4.90 Å². The predicted octanol–water partition coefficient (Wildman–Crippen LogP) is 2.71. The molecule has 2 heteroatoms. The number of hydrogen-bond acceptors (Lipinski definition) is 2. The lowest BCUT2D eigenvalue weighted by Gasteiger charge is -2.16. The second-order valence-corrected chi connectivity index (χ2v) is 3.18. The Morgan fingerprint density at radius 3 is 2.62 bits per heavy atom. The Labute approximate surface area is 82.4 Å². The summed E-state index contributed by atoms with van der Waals surface area (Å²) in [4.78, 5) is 6.15. The number of unbranched alkanes of at least 4 members (excludes halogenated alkanes) is 3. The molecule has 13 heavy (non-hydrogen) atoms. The third-order valence-corrected chi connectivity index (χ3v) is 2.06. The maximum Gasteiger partial charge on any atom is 0.0522 e. The van der Waals surface area contributed by atoms with Gasteiger partial charge in [0.05, 0.1) is 6.54 Å². The average Bonchev–Trinajstić information content (AvgIpc) is 2.17. The third-order valence-electron chi connectivity index (χ3n) is 2.06. The molecule has 0 amide bonds. The van der Waals surface area contributed by atoms with Crippen LogP contribution in [0.4, 0.5) is 0 Å². The average molecular weight is 182 g/mol. The summed E-state index contributed by atoms with van der Waals surface area (Å²) in [5, 5.41) is 0. The quantitative estimate of drug-likeness (QED) is 0.416. The molecule has 0 saturated heterocycles. The molecule has 0 spiro atoms. The van der Waals surface area contributed by atoms with Gasteiger partial charge in [-0.2, -0.15) is 0 Å². The molecular weight excluding hydrogens is 160 g/mol.